The van der Waals surface area contributed by atoms with Crippen LogP contribution in [0.1, 0.15) is 24.9 Å². The van der Waals surface area contributed by atoms with E-state index in [0.29, 0.717) is 0 Å². The van der Waals surface area contributed by atoms with Crippen LogP contribution in [0.5, 0.6) is 5.75 Å². The van der Waals surface area contributed by atoms with Crippen molar-refractivity contribution >= 4 is 15.9 Å². The van der Waals surface area contributed by atoms with Gasteiger partial charge in [0.2, 0.25) is 0 Å². The van der Waals surface area contributed by atoms with E-state index in [2.05, 4.69) is 15.9 Å². The first-order valence-electron chi connectivity index (χ1n) is 3.89. The minimum atomic E-state index is -0.0967. The van der Waals surface area contributed by atoms with E-state index >= 15 is 0 Å². The number of phenols is 1. The van der Waals surface area contributed by atoms with Gasteiger partial charge < -0.3 is 10.8 Å². The van der Waals surface area contributed by atoms with Crippen molar-refractivity contribution in [1.82, 2.24) is 0 Å². The normalized spacial score (nSPS) is 12.9. The van der Waals surface area contributed by atoms with E-state index in [0.717, 1.165) is 16.5 Å². The number of halogens is 1. The number of hydrogen-bond donors (Lipinski definition) is 2. The molecule has 0 saturated heterocycles. The molecule has 1 atom stereocenters. The monoisotopic (exact) mass is 229 g/mol. The summed E-state index contributed by atoms with van der Waals surface area (Å²) in [6.45, 7) is 1.99. The molecule has 12 heavy (non-hydrogen) atoms. The third-order valence-corrected chi connectivity index (χ3v) is 2.53. The van der Waals surface area contributed by atoms with Gasteiger partial charge in [0.15, 0.2) is 0 Å². The number of phenolic OH excluding ortho intramolecular Hbond substituents is 1. The van der Waals surface area contributed by atoms with E-state index in [-0.39, 0.29) is 11.8 Å². The first-order chi connectivity index (χ1) is 5.66. The van der Waals surface area contributed by atoms with Crippen LogP contribution in [0.4, 0.5) is 0 Å². The van der Waals surface area contributed by atoms with Crippen LogP contribution in [0.3, 0.4) is 0 Å². The van der Waals surface area contributed by atoms with E-state index in [1.807, 2.05) is 13.0 Å². The highest BCUT2D eigenvalue weighted by Crippen LogP contribution is 2.31. The van der Waals surface area contributed by atoms with Gasteiger partial charge in [-0.1, -0.05) is 28.9 Å². The van der Waals surface area contributed by atoms with Crippen molar-refractivity contribution in [2.24, 2.45) is 5.73 Å². The van der Waals surface area contributed by atoms with Crippen molar-refractivity contribution in [2.45, 2.75) is 19.4 Å². The summed E-state index contributed by atoms with van der Waals surface area (Å²) in [6.07, 6.45) is 0.816. The fourth-order valence-corrected chi connectivity index (χ4v) is 1.75. The smallest absolute Gasteiger partial charge is 0.121 e. The van der Waals surface area contributed by atoms with Gasteiger partial charge in [-0.15, -0.1) is 0 Å². The Balaban J connectivity index is 3.12. The summed E-state index contributed by atoms with van der Waals surface area (Å²) in [5.74, 6) is 0.263. The zero-order valence-corrected chi connectivity index (χ0v) is 8.51. The molecule has 0 fully saturated rings. The molecule has 1 aromatic rings. The van der Waals surface area contributed by atoms with Gasteiger partial charge in [-0.2, -0.15) is 0 Å². The lowest BCUT2D eigenvalue weighted by Crippen LogP contribution is -2.09. The molecule has 1 rings (SSSR count). The number of hydrogen-bond acceptors (Lipinski definition) is 2. The minimum absolute atomic E-state index is 0.0967. The Kier molecular flexibility index (Phi) is 3.12. The maximum absolute atomic E-state index is 9.48. The summed E-state index contributed by atoms with van der Waals surface area (Å²) in [5.41, 5.74) is 6.60. The summed E-state index contributed by atoms with van der Waals surface area (Å²) in [5, 5.41) is 9.48. The predicted octanol–water partition coefficient (Wildman–Crippen LogP) is 2.56. The SMILES string of the molecule is CC[C@H](N)c1c(O)cccc1Br. The molecule has 0 heterocycles. The van der Waals surface area contributed by atoms with Gasteiger partial charge in [0.25, 0.3) is 0 Å². The Morgan fingerprint density at radius 2 is 2.25 bits per heavy atom. The lowest BCUT2D eigenvalue weighted by Gasteiger charge is -2.12. The molecule has 0 aliphatic rings. The molecule has 0 aliphatic carbocycles. The molecule has 1 aromatic carbocycles. The third-order valence-electron chi connectivity index (χ3n) is 1.84. The molecule has 0 bridgehead atoms. The molecule has 66 valence electrons. The standard InChI is InChI=1S/C9H12BrNO/c1-2-7(11)9-6(10)4-3-5-8(9)12/h3-5,7,12H,2,11H2,1H3/t7-/m0/s1. The van der Waals surface area contributed by atoms with E-state index in [1.165, 1.54) is 0 Å². The number of benzene rings is 1. The molecule has 0 aromatic heterocycles. The molecule has 0 radical (unpaired) electrons. The largest absolute Gasteiger partial charge is 0.508 e. The van der Waals surface area contributed by atoms with Crippen LogP contribution in [-0.2, 0) is 0 Å². The number of rotatable bonds is 2. The van der Waals surface area contributed by atoms with Gasteiger partial charge in [-0.05, 0) is 18.6 Å². The highest BCUT2D eigenvalue weighted by Gasteiger charge is 2.11. The second-order valence-electron chi connectivity index (χ2n) is 2.69. The van der Waals surface area contributed by atoms with Gasteiger partial charge in [0.05, 0.1) is 0 Å². The fourth-order valence-electron chi connectivity index (χ4n) is 1.10. The zero-order chi connectivity index (χ0) is 9.14. The van der Waals surface area contributed by atoms with Crippen LogP contribution in [0.2, 0.25) is 0 Å². The van der Waals surface area contributed by atoms with Crippen LogP contribution in [0, 0.1) is 0 Å². The van der Waals surface area contributed by atoms with Crippen molar-refractivity contribution in [3.8, 4) is 5.75 Å². The second-order valence-corrected chi connectivity index (χ2v) is 3.54. The Hall–Kier alpha value is -0.540. The van der Waals surface area contributed by atoms with E-state index in [4.69, 9.17) is 5.73 Å². The van der Waals surface area contributed by atoms with Crippen LogP contribution in [0.15, 0.2) is 22.7 Å². The summed E-state index contributed by atoms with van der Waals surface area (Å²) >= 11 is 3.35. The second kappa shape index (κ2) is 3.92. The lowest BCUT2D eigenvalue weighted by atomic mass is 10.0. The summed E-state index contributed by atoms with van der Waals surface area (Å²) in [7, 11) is 0. The van der Waals surface area contributed by atoms with Crippen molar-refractivity contribution in [3.05, 3.63) is 28.2 Å². The first kappa shape index (κ1) is 9.55. The van der Waals surface area contributed by atoms with Gasteiger partial charge in [0, 0.05) is 16.1 Å². The average Bonchev–Trinajstić information content (AvgIpc) is 2.03. The molecular weight excluding hydrogens is 218 g/mol. The van der Waals surface area contributed by atoms with Crippen LogP contribution in [0.25, 0.3) is 0 Å². The van der Waals surface area contributed by atoms with Crippen LogP contribution >= 0.6 is 15.9 Å². The Morgan fingerprint density at radius 3 is 2.75 bits per heavy atom. The predicted molar refractivity (Wildman–Crippen MR) is 53.0 cm³/mol. The topological polar surface area (TPSA) is 46.2 Å². The zero-order valence-electron chi connectivity index (χ0n) is 6.92. The highest BCUT2D eigenvalue weighted by molar-refractivity contribution is 9.10. The molecule has 0 aliphatic heterocycles. The first-order valence-corrected chi connectivity index (χ1v) is 4.69. The van der Waals surface area contributed by atoms with Crippen molar-refractivity contribution in [3.63, 3.8) is 0 Å². The van der Waals surface area contributed by atoms with E-state index < -0.39 is 0 Å². The molecule has 0 unspecified atom stereocenters. The van der Waals surface area contributed by atoms with Crippen molar-refractivity contribution < 1.29 is 5.11 Å². The summed E-state index contributed by atoms with van der Waals surface area (Å²) in [4.78, 5) is 0. The third kappa shape index (κ3) is 1.79. The van der Waals surface area contributed by atoms with Gasteiger partial charge in [-0.3, -0.25) is 0 Å². The molecular formula is C9H12BrNO. The molecule has 0 amide bonds. The van der Waals surface area contributed by atoms with Crippen molar-refractivity contribution in [2.75, 3.05) is 0 Å². The molecule has 0 spiro atoms. The number of aromatic hydroxyl groups is 1. The molecule has 3 heteroatoms. The lowest BCUT2D eigenvalue weighted by molar-refractivity contribution is 0.459. The minimum Gasteiger partial charge on any atom is -0.508 e. The van der Waals surface area contributed by atoms with Crippen LogP contribution < -0.4 is 5.73 Å². The Bertz CT molecular complexity index is 255. The van der Waals surface area contributed by atoms with Gasteiger partial charge in [-0.25, -0.2) is 0 Å². The van der Waals surface area contributed by atoms with Crippen molar-refractivity contribution in [1.29, 1.82) is 0 Å². The summed E-state index contributed by atoms with van der Waals surface area (Å²) in [6, 6.07) is 5.21. The maximum atomic E-state index is 9.48. The quantitative estimate of drug-likeness (QED) is 0.820. The fraction of sp³-hybridized carbons (Fsp3) is 0.333. The molecule has 2 nitrogen and oxygen atoms in total. The van der Waals surface area contributed by atoms with E-state index in [9.17, 15) is 5.11 Å². The van der Waals surface area contributed by atoms with Gasteiger partial charge >= 0.3 is 0 Å². The maximum Gasteiger partial charge on any atom is 0.121 e. The Labute approximate surface area is 80.5 Å². The number of nitrogens with two attached hydrogens (primary N) is 1. The summed E-state index contributed by atoms with van der Waals surface area (Å²) < 4.78 is 0.872. The average molecular weight is 230 g/mol. The molecule has 3 N–H and O–H groups in total. The van der Waals surface area contributed by atoms with E-state index in [1.54, 1.807) is 12.1 Å². The molecule has 0 saturated carbocycles. The Morgan fingerprint density at radius 1 is 1.58 bits per heavy atom. The van der Waals surface area contributed by atoms with Crippen LogP contribution in [-0.4, -0.2) is 5.11 Å². The van der Waals surface area contributed by atoms with Gasteiger partial charge in [0.1, 0.15) is 5.75 Å². The highest BCUT2D eigenvalue weighted by atomic mass is 79.9.